The molecule has 0 radical (unpaired) electrons. The number of likely N-dealkylation sites (tertiary alicyclic amines) is 1. The molecule has 0 aromatic carbocycles. The van der Waals surface area contributed by atoms with Gasteiger partial charge in [0.25, 0.3) is 0 Å². The Morgan fingerprint density at radius 2 is 2.29 bits per heavy atom. The second-order valence-electron chi connectivity index (χ2n) is 5.98. The van der Waals surface area contributed by atoms with Gasteiger partial charge < -0.3 is 13.6 Å². The molecular weight excluding hydrogens is 270 g/mol. The number of hydrogen-bond acceptors (Lipinski definition) is 6. The van der Waals surface area contributed by atoms with Crippen LogP contribution in [-0.4, -0.2) is 40.4 Å². The number of hydrogen-bond donors (Lipinski definition) is 0. The van der Waals surface area contributed by atoms with Gasteiger partial charge >= 0.3 is 0 Å². The van der Waals surface area contributed by atoms with Crippen LogP contribution in [0.15, 0.2) is 27.2 Å². The molecule has 112 valence electrons. The number of aromatic nitrogens is 2. The molecule has 4 rings (SSSR count). The summed E-state index contributed by atoms with van der Waals surface area (Å²) in [6, 6.07) is 3.96. The Kier molecular flexibility index (Phi) is 3.27. The van der Waals surface area contributed by atoms with E-state index in [0.717, 1.165) is 38.2 Å². The fraction of sp³-hybridized carbons (Fsp3) is 0.600. The van der Waals surface area contributed by atoms with Crippen molar-refractivity contribution in [3.05, 3.63) is 35.9 Å². The molecule has 2 saturated heterocycles. The van der Waals surface area contributed by atoms with Crippen LogP contribution >= 0.6 is 0 Å². The molecule has 0 unspecified atom stereocenters. The molecule has 6 nitrogen and oxygen atoms in total. The second kappa shape index (κ2) is 5.27. The van der Waals surface area contributed by atoms with E-state index >= 15 is 0 Å². The largest absolute Gasteiger partial charge is 0.468 e. The van der Waals surface area contributed by atoms with Crippen LogP contribution in [-0.2, 0) is 17.7 Å². The van der Waals surface area contributed by atoms with E-state index in [2.05, 4.69) is 15.1 Å². The number of nitrogens with zero attached hydrogens (tertiary/aromatic N) is 3. The fourth-order valence-electron chi connectivity index (χ4n) is 3.45. The highest BCUT2D eigenvalue weighted by atomic mass is 16.5. The molecule has 2 aliphatic rings. The molecule has 2 aromatic heterocycles. The molecule has 0 saturated carbocycles. The Morgan fingerprint density at radius 1 is 1.33 bits per heavy atom. The van der Waals surface area contributed by atoms with Crippen molar-refractivity contribution >= 4 is 0 Å². The zero-order valence-electron chi connectivity index (χ0n) is 12.1. The van der Waals surface area contributed by atoms with E-state index in [4.69, 9.17) is 13.6 Å². The summed E-state index contributed by atoms with van der Waals surface area (Å²) in [6.45, 7) is 4.74. The summed E-state index contributed by atoms with van der Waals surface area (Å²) in [7, 11) is 0. The van der Waals surface area contributed by atoms with E-state index in [1.165, 1.54) is 0 Å². The summed E-state index contributed by atoms with van der Waals surface area (Å²) in [5.41, 5.74) is 0. The molecule has 0 aliphatic carbocycles. The Labute approximate surface area is 123 Å². The highest BCUT2D eigenvalue weighted by molar-refractivity contribution is 5.01. The van der Waals surface area contributed by atoms with Crippen LogP contribution in [0.5, 0.6) is 0 Å². The van der Waals surface area contributed by atoms with Crippen molar-refractivity contribution in [1.82, 2.24) is 15.1 Å². The van der Waals surface area contributed by atoms with Gasteiger partial charge in [0.2, 0.25) is 11.8 Å². The zero-order valence-corrected chi connectivity index (χ0v) is 12.1. The smallest absolute Gasteiger partial charge is 0.219 e. The van der Waals surface area contributed by atoms with Gasteiger partial charge in [-0.25, -0.2) is 0 Å². The van der Waals surface area contributed by atoms with Crippen molar-refractivity contribution < 1.29 is 13.6 Å². The molecule has 0 spiro atoms. The third-order valence-corrected chi connectivity index (χ3v) is 4.32. The first-order valence-electron chi connectivity index (χ1n) is 7.45. The van der Waals surface area contributed by atoms with E-state index in [1.54, 1.807) is 6.26 Å². The number of aryl methyl sites for hydroxylation is 1. The van der Waals surface area contributed by atoms with Gasteiger partial charge in [0.05, 0.1) is 31.4 Å². The molecule has 0 bridgehead atoms. The molecule has 6 heteroatoms. The highest BCUT2D eigenvalue weighted by Gasteiger charge is 2.42. The quantitative estimate of drug-likeness (QED) is 0.855. The summed E-state index contributed by atoms with van der Waals surface area (Å²) in [4.78, 5) is 2.40. The van der Waals surface area contributed by atoms with Crippen LogP contribution in [0.2, 0.25) is 0 Å². The van der Waals surface area contributed by atoms with Crippen molar-refractivity contribution in [3.8, 4) is 0 Å². The zero-order chi connectivity index (χ0) is 14.2. The van der Waals surface area contributed by atoms with E-state index < -0.39 is 0 Å². The summed E-state index contributed by atoms with van der Waals surface area (Å²) in [5, 5.41) is 7.91. The molecule has 21 heavy (non-hydrogen) atoms. The maximum absolute atomic E-state index is 6.15. The van der Waals surface area contributed by atoms with Crippen molar-refractivity contribution in [2.75, 3.05) is 13.1 Å². The SMILES string of the molecule is Cc1nnc(C[C@@H]2C[C@@H]3CN(Cc4ccco4)C[C@@H]3O2)o1. The van der Waals surface area contributed by atoms with Crippen LogP contribution in [0.25, 0.3) is 0 Å². The maximum atomic E-state index is 6.15. The first-order valence-corrected chi connectivity index (χ1v) is 7.45. The van der Waals surface area contributed by atoms with Crippen molar-refractivity contribution in [2.45, 2.75) is 38.5 Å². The normalized spacial score (nSPS) is 29.1. The summed E-state index contributed by atoms with van der Waals surface area (Å²) < 4.78 is 17.0. The third kappa shape index (κ3) is 2.73. The van der Waals surface area contributed by atoms with Gasteiger partial charge in [-0.2, -0.15) is 0 Å². The molecule has 2 aromatic rings. The monoisotopic (exact) mass is 289 g/mol. The number of furan rings is 1. The molecular formula is C15H19N3O3. The van der Waals surface area contributed by atoms with Gasteiger partial charge in [-0.05, 0) is 18.6 Å². The van der Waals surface area contributed by atoms with Gasteiger partial charge in [-0.15, -0.1) is 10.2 Å². The first-order chi connectivity index (χ1) is 10.3. The Hall–Kier alpha value is -1.66. The van der Waals surface area contributed by atoms with Crippen LogP contribution < -0.4 is 0 Å². The summed E-state index contributed by atoms with van der Waals surface area (Å²) in [5.74, 6) is 2.93. The molecule has 4 heterocycles. The molecule has 2 fully saturated rings. The highest BCUT2D eigenvalue weighted by Crippen LogP contribution is 2.34. The molecule has 0 amide bonds. The average Bonchev–Trinajstić information content (AvgIpc) is 3.16. The van der Waals surface area contributed by atoms with Gasteiger partial charge in [0, 0.05) is 25.9 Å². The Bertz CT molecular complexity index is 581. The number of fused-ring (bicyclic) bond motifs is 1. The van der Waals surface area contributed by atoms with Crippen LogP contribution in [0, 0.1) is 12.8 Å². The third-order valence-electron chi connectivity index (χ3n) is 4.32. The van der Waals surface area contributed by atoms with Crippen LogP contribution in [0.4, 0.5) is 0 Å². The number of rotatable bonds is 4. The lowest BCUT2D eigenvalue weighted by Crippen LogP contribution is -2.25. The Morgan fingerprint density at radius 3 is 3.00 bits per heavy atom. The lowest BCUT2D eigenvalue weighted by molar-refractivity contribution is 0.0344. The van der Waals surface area contributed by atoms with Gasteiger partial charge in [0.1, 0.15) is 5.76 Å². The minimum Gasteiger partial charge on any atom is -0.468 e. The topological polar surface area (TPSA) is 64.5 Å². The molecule has 2 aliphatic heterocycles. The van der Waals surface area contributed by atoms with E-state index in [0.29, 0.717) is 23.8 Å². The van der Waals surface area contributed by atoms with E-state index in [1.807, 2.05) is 19.1 Å². The van der Waals surface area contributed by atoms with E-state index in [-0.39, 0.29) is 6.10 Å². The van der Waals surface area contributed by atoms with Crippen molar-refractivity contribution in [1.29, 1.82) is 0 Å². The lowest BCUT2D eigenvalue weighted by atomic mass is 10.0. The average molecular weight is 289 g/mol. The first kappa shape index (κ1) is 13.0. The Balaban J connectivity index is 1.31. The molecule has 3 atom stereocenters. The summed E-state index contributed by atoms with van der Waals surface area (Å²) in [6.07, 6.45) is 4.07. The van der Waals surface area contributed by atoms with Crippen LogP contribution in [0.1, 0.15) is 24.0 Å². The van der Waals surface area contributed by atoms with E-state index in [9.17, 15) is 0 Å². The minimum atomic E-state index is 0.214. The predicted molar refractivity (Wildman–Crippen MR) is 73.5 cm³/mol. The predicted octanol–water partition coefficient (Wildman–Crippen LogP) is 1.80. The molecule has 0 N–H and O–H groups in total. The second-order valence-corrected chi connectivity index (χ2v) is 5.98. The van der Waals surface area contributed by atoms with Crippen molar-refractivity contribution in [3.63, 3.8) is 0 Å². The minimum absolute atomic E-state index is 0.214. The van der Waals surface area contributed by atoms with Gasteiger partial charge in [-0.3, -0.25) is 4.90 Å². The van der Waals surface area contributed by atoms with Crippen molar-refractivity contribution in [2.24, 2.45) is 5.92 Å². The van der Waals surface area contributed by atoms with Gasteiger partial charge in [-0.1, -0.05) is 0 Å². The lowest BCUT2D eigenvalue weighted by Gasteiger charge is -2.17. The number of ether oxygens (including phenoxy) is 1. The standard InChI is InChI=1S/C15H19N3O3/c1-10-16-17-15(20-10)6-13-5-11-7-18(9-14(11)21-13)8-12-3-2-4-19-12/h2-4,11,13-14H,5-9H2,1H3/t11-,13+,14+/m1/s1. The van der Waals surface area contributed by atoms with Crippen LogP contribution in [0.3, 0.4) is 0 Å². The summed E-state index contributed by atoms with van der Waals surface area (Å²) >= 11 is 0. The van der Waals surface area contributed by atoms with Gasteiger partial charge in [0.15, 0.2) is 0 Å². The fourth-order valence-corrected chi connectivity index (χ4v) is 3.45. The maximum Gasteiger partial charge on any atom is 0.219 e.